The van der Waals surface area contributed by atoms with E-state index in [0.29, 0.717) is 17.8 Å². The van der Waals surface area contributed by atoms with Gasteiger partial charge in [-0.2, -0.15) is 0 Å². The summed E-state index contributed by atoms with van der Waals surface area (Å²) >= 11 is 1.29. The fourth-order valence-corrected chi connectivity index (χ4v) is 2.31. The average molecular weight is 294 g/mol. The SMILES string of the molecule is CCN(CC(=O)NC)C(=O)c1ccc(C#CCCO)s1. The third-order valence-corrected chi connectivity index (χ3v) is 3.54. The quantitative estimate of drug-likeness (QED) is 0.785. The van der Waals surface area contributed by atoms with Crippen LogP contribution in [0.4, 0.5) is 0 Å². The molecule has 0 spiro atoms. The molecule has 0 aliphatic heterocycles. The summed E-state index contributed by atoms with van der Waals surface area (Å²) in [5.41, 5.74) is 0. The topological polar surface area (TPSA) is 69.6 Å². The zero-order valence-corrected chi connectivity index (χ0v) is 12.4. The molecule has 108 valence electrons. The maximum Gasteiger partial charge on any atom is 0.264 e. The molecule has 0 saturated heterocycles. The molecule has 20 heavy (non-hydrogen) atoms. The molecule has 0 aliphatic rings. The van der Waals surface area contributed by atoms with Gasteiger partial charge in [0, 0.05) is 20.0 Å². The maximum absolute atomic E-state index is 12.2. The molecule has 0 aliphatic carbocycles. The van der Waals surface area contributed by atoms with E-state index in [2.05, 4.69) is 17.2 Å². The fourth-order valence-electron chi connectivity index (χ4n) is 1.46. The van der Waals surface area contributed by atoms with Crippen molar-refractivity contribution < 1.29 is 14.7 Å². The van der Waals surface area contributed by atoms with E-state index in [1.807, 2.05) is 6.92 Å². The van der Waals surface area contributed by atoms with Crippen LogP contribution in [0.15, 0.2) is 12.1 Å². The van der Waals surface area contributed by atoms with E-state index in [0.717, 1.165) is 4.88 Å². The van der Waals surface area contributed by atoms with Crippen molar-refractivity contribution in [2.75, 3.05) is 26.7 Å². The molecule has 0 atom stereocenters. The molecule has 0 saturated carbocycles. The standard InChI is InChI=1S/C14H18N2O3S/c1-3-16(10-13(18)15-2)14(19)12-8-7-11(20-12)6-4-5-9-17/h7-8,17H,3,5,9-10H2,1-2H3,(H,15,18). The number of aliphatic hydroxyl groups is 1. The summed E-state index contributed by atoms with van der Waals surface area (Å²) < 4.78 is 0. The van der Waals surface area contributed by atoms with Crippen LogP contribution in [-0.2, 0) is 4.79 Å². The Hall–Kier alpha value is -1.84. The number of likely N-dealkylation sites (N-methyl/N-ethyl adjacent to an activating group) is 2. The summed E-state index contributed by atoms with van der Waals surface area (Å²) in [6.45, 7) is 2.38. The number of amides is 2. The Bertz CT molecular complexity index is 528. The second kappa shape index (κ2) is 8.35. The Balaban J connectivity index is 2.76. The van der Waals surface area contributed by atoms with Crippen molar-refractivity contribution in [2.45, 2.75) is 13.3 Å². The summed E-state index contributed by atoms with van der Waals surface area (Å²) in [7, 11) is 1.54. The van der Waals surface area contributed by atoms with Crippen LogP contribution in [0.25, 0.3) is 0 Å². The third kappa shape index (κ3) is 4.68. The van der Waals surface area contributed by atoms with Crippen molar-refractivity contribution in [3.63, 3.8) is 0 Å². The zero-order valence-electron chi connectivity index (χ0n) is 11.6. The van der Waals surface area contributed by atoms with Crippen LogP contribution in [-0.4, -0.2) is 48.6 Å². The Morgan fingerprint density at radius 3 is 2.80 bits per heavy atom. The maximum atomic E-state index is 12.2. The van der Waals surface area contributed by atoms with Gasteiger partial charge in [-0.3, -0.25) is 9.59 Å². The van der Waals surface area contributed by atoms with Crippen molar-refractivity contribution in [1.29, 1.82) is 0 Å². The van der Waals surface area contributed by atoms with Gasteiger partial charge in [-0.25, -0.2) is 0 Å². The minimum atomic E-state index is -0.195. The molecule has 0 radical (unpaired) electrons. The predicted octanol–water partition coefficient (Wildman–Crippen LogP) is 0.690. The first-order valence-electron chi connectivity index (χ1n) is 6.31. The fraction of sp³-hybridized carbons (Fsp3) is 0.429. The molecule has 0 fully saturated rings. The number of rotatable bonds is 5. The number of nitrogens with zero attached hydrogens (tertiary/aromatic N) is 1. The van der Waals surface area contributed by atoms with Crippen LogP contribution in [0, 0.1) is 11.8 Å². The van der Waals surface area contributed by atoms with Crippen LogP contribution in [0.5, 0.6) is 0 Å². The Labute approximate surface area is 122 Å². The molecule has 2 N–H and O–H groups in total. The first-order valence-corrected chi connectivity index (χ1v) is 7.13. The van der Waals surface area contributed by atoms with Crippen LogP contribution in [0.3, 0.4) is 0 Å². The lowest BCUT2D eigenvalue weighted by Gasteiger charge is -2.18. The minimum Gasteiger partial charge on any atom is -0.395 e. The molecule has 5 nitrogen and oxygen atoms in total. The van der Waals surface area contributed by atoms with Gasteiger partial charge < -0.3 is 15.3 Å². The zero-order chi connectivity index (χ0) is 15.0. The Kier molecular flexibility index (Phi) is 6.77. The van der Waals surface area contributed by atoms with E-state index in [9.17, 15) is 9.59 Å². The van der Waals surface area contributed by atoms with Crippen molar-refractivity contribution in [3.05, 3.63) is 21.9 Å². The Morgan fingerprint density at radius 2 is 2.20 bits per heavy atom. The van der Waals surface area contributed by atoms with Crippen molar-refractivity contribution in [2.24, 2.45) is 0 Å². The highest BCUT2D eigenvalue weighted by Gasteiger charge is 2.18. The van der Waals surface area contributed by atoms with Gasteiger partial charge in [0.05, 0.1) is 22.9 Å². The van der Waals surface area contributed by atoms with Crippen molar-refractivity contribution >= 4 is 23.2 Å². The molecular weight excluding hydrogens is 276 g/mol. The molecule has 2 amide bonds. The summed E-state index contributed by atoms with van der Waals surface area (Å²) in [6.07, 6.45) is 0.416. The van der Waals surface area contributed by atoms with Crippen LogP contribution < -0.4 is 5.32 Å². The van der Waals surface area contributed by atoms with Gasteiger partial charge in [-0.15, -0.1) is 11.3 Å². The second-order valence-electron chi connectivity index (χ2n) is 3.93. The summed E-state index contributed by atoms with van der Waals surface area (Å²) in [5.74, 6) is 5.33. The van der Waals surface area contributed by atoms with E-state index < -0.39 is 0 Å². The van der Waals surface area contributed by atoms with Gasteiger partial charge >= 0.3 is 0 Å². The number of nitrogens with one attached hydrogen (secondary N) is 1. The first kappa shape index (κ1) is 16.2. The van der Waals surface area contributed by atoms with E-state index in [-0.39, 0.29) is 25.0 Å². The highest BCUT2D eigenvalue weighted by molar-refractivity contribution is 7.14. The van der Waals surface area contributed by atoms with Gasteiger partial charge in [-0.05, 0) is 19.1 Å². The molecule has 6 heteroatoms. The number of aliphatic hydroxyl groups excluding tert-OH is 1. The summed E-state index contributed by atoms with van der Waals surface area (Å²) in [5, 5.41) is 11.2. The number of carbonyl (C=O) groups is 2. The van der Waals surface area contributed by atoms with Gasteiger partial charge in [-0.1, -0.05) is 11.8 Å². The van der Waals surface area contributed by atoms with Crippen molar-refractivity contribution in [1.82, 2.24) is 10.2 Å². The molecule has 1 heterocycles. The minimum absolute atomic E-state index is 0.0277. The van der Waals surface area contributed by atoms with E-state index in [1.54, 1.807) is 19.2 Å². The number of hydrogen-bond acceptors (Lipinski definition) is 4. The molecular formula is C14H18N2O3S. The highest BCUT2D eigenvalue weighted by Crippen LogP contribution is 2.17. The van der Waals surface area contributed by atoms with E-state index in [4.69, 9.17) is 5.11 Å². The molecule has 0 aromatic carbocycles. The summed E-state index contributed by atoms with van der Waals surface area (Å²) in [4.78, 5) is 26.4. The lowest BCUT2D eigenvalue weighted by atomic mass is 10.3. The number of thiophene rings is 1. The van der Waals surface area contributed by atoms with E-state index >= 15 is 0 Å². The van der Waals surface area contributed by atoms with Crippen molar-refractivity contribution in [3.8, 4) is 11.8 Å². The lowest BCUT2D eigenvalue weighted by Crippen LogP contribution is -2.39. The van der Waals surface area contributed by atoms with Gasteiger partial charge in [0.25, 0.3) is 5.91 Å². The normalized spacial score (nSPS) is 9.55. The predicted molar refractivity (Wildman–Crippen MR) is 78.5 cm³/mol. The molecule has 1 aromatic heterocycles. The molecule has 0 bridgehead atoms. The van der Waals surface area contributed by atoms with Crippen LogP contribution in [0.1, 0.15) is 27.9 Å². The van der Waals surface area contributed by atoms with Crippen LogP contribution in [0.2, 0.25) is 0 Å². The lowest BCUT2D eigenvalue weighted by molar-refractivity contribution is -0.121. The van der Waals surface area contributed by atoms with Gasteiger partial charge in [0.1, 0.15) is 0 Å². The highest BCUT2D eigenvalue weighted by atomic mass is 32.1. The number of hydrogen-bond donors (Lipinski definition) is 2. The third-order valence-electron chi connectivity index (χ3n) is 2.55. The van der Waals surface area contributed by atoms with Crippen LogP contribution >= 0.6 is 11.3 Å². The number of carbonyl (C=O) groups excluding carboxylic acids is 2. The molecule has 1 aromatic rings. The summed E-state index contributed by atoms with van der Waals surface area (Å²) in [6, 6.07) is 3.48. The molecule has 1 rings (SSSR count). The smallest absolute Gasteiger partial charge is 0.264 e. The monoisotopic (exact) mass is 294 g/mol. The Morgan fingerprint density at radius 1 is 1.45 bits per heavy atom. The largest absolute Gasteiger partial charge is 0.395 e. The first-order chi connectivity index (χ1) is 9.62. The van der Waals surface area contributed by atoms with Gasteiger partial charge in [0.2, 0.25) is 5.91 Å². The molecule has 0 unspecified atom stereocenters. The van der Waals surface area contributed by atoms with E-state index in [1.165, 1.54) is 16.2 Å². The average Bonchev–Trinajstić information content (AvgIpc) is 2.92. The van der Waals surface area contributed by atoms with Gasteiger partial charge in [0.15, 0.2) is 0 Å². The second-order valence-corrected chi connectivity index (χ2v) is 5.02.